The summed E-state index contributed by atoms with van der Waals surface area (Å²) in [5.74, 6) is 2.76. The first kappa shape index (κ1) is 21.3. The van der Waals surface area contributed by atoms with Crippen molar-refractivity contribution in [2.24, 2.45) is 0 Å². The highest BCUT2D eigenvalue weighted by molar-refractivity contribution is 7.89. The quantitative estimate of drug-likeness (QED) is 0.487. The van der Waals surface area contributed by atoms with Crippen LogP contribution in [0.4, 0.5) is 17.5 Å². The number of rotatable bonds is 5. The van der Waals surface area contributed by atoms with Crippen LogP contribution in [0, 0.1) is 6.92 Å². The monoisotopic (exact) mass is 460 g/mol. The Morgan fingerprint density at radius 2 is 1.58 bits per heavy atom. The summed E-state index contributed by atoms with van der Waals surface area (Å²) in [7, 11) is -3.56. The van der Waals surface area contributed by atoms with Gasteiger partial charge in [0, 0.05) is 38.4 Å². The van der Waals surface area contributed by atoms with Crippen molar-refractivity contribution in [1.29, 1.82) is 0 Å². The average molecular weight is 461 g/mol. The maximum Gasteiger partial charge on any atom is 0.243 e. The van der Waals surface area contributed by atoms with E-state index in [4.69, 9.17) is 0 Å². The highest BCUT2D eigenvalue weighted by Crippen LogP contribution is 2.25. The third-order valence-corrected chi connectivity index (χ3v) is 7.56. The molecule has 0 amide bonds. The molecule has 0 spiro atoms. The summed E-state index contributed by atoms with van der Waals surface area (Å²) in [5, 5.41) is 5.14. The predicted octanol–water partition coefficient (Wildman–Crippen LogP) is 3.59. The molecule has 0 aliphatic carbocycles. The smallest absolute Gasteiger partial charge is 0.243 e. The number of aryl methyl sites for hydroxylation is 1. The van der Waals surface area contributed by atoms with Gasteiger partial charge in [0.25, 0.3) is 0 Å². The number of aromatic nitrogens is 3. The summed E-state index contributed by atoms with van der Waals surface area (Å²) >= 11 is 0. The molecular formula is C24H24N6O2S. The summed E-state index contributed by atoms with van der Waals surface area (Å²) in [4.78, 5) is 15.7. The minimum atomic E-state index is -3.56. The van der Waals surface area contributed by atoms with Gasteiger partial charge >= 0.3 is 0 Å². The Hall–Kier alpha value is -3.56. The Balaban J connectivity index is 1.31. The largest absolute Gasteiger partial charge is 0.354 e. The second-order valence-electron chi connectivity index (χ2n) is 7.90. The number of pyridine rings is 1. The van der Waals surface area contributed by atoms with E-state index >= 15 is 0 Å². The van der Waals surface area contributed by atoms with E-state index in [1.807, 2.05) is 61.5 Å². The van der Waals surface area contributed by atoms with Crippen LogP contribution in [-0.2, 0) is 10.0 Å². The van der Waals surface area contributed by atoms with E-state index < -0.39 is 10.0 Å². The zero-order chi connectivity index (χ0) is 22.8. The molecule has 0 radical (unpaired) electrons. The minimum absolute atomic E-state index is 0.328. The Morgan fingerprint density at radius 3 is 2.33 bits per heavy atom. The van der Waals surface area contributed by atoms with Crippen molar-refractivity contribution in [3.05, 3.63) is 78.8 Å². The van der Waals surface area contributed by atoms with Gasteiger partial charge in [-0.1, -0.05) is 36.4 Å². The van der Waals surface area contributed by atoms with Crippen molar-refractivity contribution >= 4 is 38.2 Å². The molecule has 1 fully saturated rings. The normalized spacial score (nSPS) is 15.0. The van der Waals surface area contributed by atoms with Crippen LogP contribution in [0.1, 0.15) is 5.82 Å². The number of piperazine rings is 1. The van der Waals surface area contributed by atoms with Crippen LogP contribution < -0.4 is 10.2 Å². The lowest BCUT2D eigenvalue weighted by molar-refractivity contribution is 0.383. The number of anilines is 3. The Bertz CT molecular complexity index is 1390. The van der Waals surface area contributed by atoms with Crippen LogP contribution in [0.15, 0.2) is 77.8 Å². The van der Waals surface area contributed by atoms with Gasteiger partial charge in [-0.2, -0.15) is 4.31 Å². The summed E-state index contributed by atoms with van der Waals surface area (Å²) in [6, 6.07) is 20.6. The van der Waals surface area contributed by atoms with Crippen molar-refractivity contribution in [3.8, 4) is 0 Å². The van der Waals surface area contributed by atoms with Gasteiger partial charge in [-0.3, -0.25) is 0 Å². The molecule has 1 aliphatic heterocycles. The van der Waals surface area contributed by atoms with Crippen LogP contribution >= 0.6 is 0 Å². The summed E-state index contributed by atoms with van der Waals surface area (Å²) in [6.07, 6.45) is 1.71. The fourth-order valence-corrected chi connectivity index (χ4v) is 5.44. The van der Waals surface area contributed by atoms with Gasteiger partial charge in [0.1, 0.15) is 23.3 Å². The maximum atomic E-state index is 13.3. The molecule has 1 N–H and O–H groups in total. The maximum absolute atomic E-state index is 13.3. The molecule has 2 aromatic carbocycles. The predicted molar refractivity (Wildman–Crippen MR) is 129 cm³/mol. The second kappa shape index (κ2) is 8.76. The molecule has 4 aromatic rings. The van der Waals surface area contributed by atoms with Crippen LogP contribution in [0.2, 0.25) is 0 Å². The lowest BCUT2D eigenvalue weighted by atomic mass is 10.1. The van der Waals surface area contributed by atoms with Crippen molar-refractivity contribution < 1.29 is 8.42 Å². The van der Waals surface area contributed by atoms with Gasteiger partial charge in [0.2, 0.25) is 10.0 Å². The topological polar surface area (TPSA) is 91.3 Å². The van der Waals surface area contributed by atoms with Crippen LogP contribution in [0.25, 0.3) is 10.8 Å². The number of nitrogens with one attached hydrogen (secondary N) is 1. The molecule has 1 saturated heterocycles. The molecule has 33 heavy (non-hydrogen) atoms. The summed E-state index contributed by atoms with van der Waals surface area (Å²) in [6.45, 7) is 3.72. The molecule has 0 atom stereocenters. The average Bonchev–Trinajstić information content (AvgIpc) is 2.84. The third kappa shape index (κ3) is 4.50. The van der Waals surface area contributed by atoms with Crippen LogP contribution in [-0.4, -0.2) is 53.9 Å². The molecule has 0 saturated carbocycles. The fourth-order valence-electron chi connectivity index (χ4n) is 3.98. The van der Waals surface area contributed by atoms with Gasteiger partial charge in [0.15, 0.2) is 0 Å². The number of sulfonamides is 1. The van der Waals surface area contributed by atoms with Gasteiger partial charge in [-0.15, -0.1) is 0 Å². The van der Waals surface area contributed by atoms with E-state index in [9.17, 15) is 8.42 Å². The zero-order valence-electron chi connectivity index (χ0n) is 18.2. The van der Waals surface area contributed by atoms with Crippen molar-refractivity contribution in [1.82, 2.24) is 19.3 Å². The SMILES string of the molecule is Cc1nc(Nc2ccccn2)cc(N2CCN(S(=O)(=O)c3ccc4ccccc4c3)CC2)n1. The molecule has 168 valence electrons. The molecular weight excluding hydrogens is 436 g/mol. The molecule has 1 aliphatic rings. The molecule has 0 unspecified atom stereocenters. The number of nitrogens with zero attached hydrogens (tertiary/aromatic N) is 5. The standard InChI is InChI=1S/C24H24N6O2S/c1-18-26-23(28-22-8-4-5-11-25-22)17-24(27-18)29-12-14-30(15-13-29)33(31,32)21-10-9-19-6-2-3-7-20(19)16-21/h2-11,16-17H,12-15H2,1H3,(H,25,26,27,28). The first-order chi connectivity index (χ1) is 16.0. The van der Waals surface area contributed by atoms with Crippen LogP contribution in [0.3, 0.4) is 0 Å². The molecule has 2 aromatic heterocycles. The van der Waals surface area contributed by atoms with Gasteiger partial charge in [0.05, 0.1) is 4.90 Å². The minimum Gasteiger partial charge on any atom is -0.354 e. The lowest BCUT2D eigenvalue weighted by Crippen LogP contribution is -2.49. The highest BCUT2D eigenvalue weighted by Gasteiger charge is 2.29. The molecule has 5 rings (SSSR count). The van der Waals surface area contributed by atoms with Gasteiger partial charge in [-0.25, -0.2) is 23.4 Å². The van der Waals surface area contributed by atoms with Gasteiger partial charge in [-0.05, 0) is 42.0 Å². The summed E-state index contributed by atoms with van der Waals surface area (Å²) in [5.41, 5.74) is 0. The first-order valence-corrected chi connectivity index (χ1v) is 12.2. The van der Waals surface area contributed by atoms with Crippen molar-refractivity contribution in [2.75, 3.05) is 36.4 Å². The molecule has 3 heterocycles. The molecule has 8 nitrogen and oxygen atoms in total. The van der Waals surface area contributed by atoms with E-state index in [-0.39, 0.29) is 0 Å². The number of hydrogen-bond acceptors (Lipinski definition) is 7. The van der Waals surface area contributed by atoms with Crippen molar-refractivity contribution in [3.63, 3.8) is 0 Å². The summed E-state index contributed by atoms with van der Waals surface area (Å²) < 4.78 is 28.1. The fraction of sp³-hybridized carbons (Fsp3) is 0.208. The van der Waals surface area contributed by atoms with E-state index in [0.717, 1.165) is 16.6 Å². The van der Waals surface area contributed by atoms with E-state index in [1.165, 1.54) is 0 Å². The Labute approximate surface area is 193 Å². The van der Waals surface area contributed by atoms with Crippen LogP contribution in [0.5, 0.6) is 0 Å². The Morgan fingerprint density at radius 1 is 0.818 bits per heavy atom. The lowest BCUT2D eigenvalue weighted by Gasteiger charge is -2.34. The van der Waals surface area contributed by atoms with Crippen molar-refractivity contribution in [2.45, 2.75) is 11.8 Å². The number of hydrogen-bond donors (Lipinski definition) is 1. The Kier molecular flexibility index (Phi) is 5.65. The van der Waals surface area contributed by atoms with E-state index in [1.54, 1.807) is 22.6 Å². The van der Waals surface area contributed by atoms with E-state index in [0.29, 0.717) is 48.5 Å². The second-order valence-corrected chi connectivity index (χ2v) is 9.84. The number of benzene rings is 2. The van der Waals surface area contributed by atoms with E-state index in [2.05, 4.69) is 25.2 Å². The molecule has 9 heteroatoms. The highest BCUT2D eigenvalue weighted by atomic mass is 32.2. The number of fused-ring (bicyclic) bond motifs is 1. The molecule has 0 bridgehead atoms. The van der Waals surface area contributed by atoms with Gasteiger partial charge < -0.3 is 10.2 Å². The first-order valence-electron chi connectivity index (χ1n) is 10.8. The zero-order valence-corrected chi connectivity index (χ0v) is 19.0. The third-order valence-electron chi connectivity index (χ3n) is 5.67.